The molecule has 1 saturated heterocycles. The number of anilines is 2. The molecular formula is C19H22ClN3O. The summed E-state index contributed by atoms with van der Waals surface area (Å²) in [5.74, 6) is 0.804. The van der Waals surface area contributed by atoms with Gasteiger partial charge in [-0.25, -0.2) is 4.98 Å². The molecule has 0 radical (unpaired) electrons. The normalized spacial score (nSPS) is 17.6. The van der Waals surface area contributed by atoms with Crippen LogP contribution in [0.2, 0.25) is 5.02 Å². The average Bonchev–Trinajstić information content (AvgIpc) is 2.62. The van der Waals surface area contributed by atoms with E-state index < -0.39 is 0 Å². The first kappa shape index (κ1) is 16.8. The van der Waals surface area contributed by atoms with E-state index in [2.05, 4.69) is 22.1 Å². The third kappa shape index (κ3) is 3.88. The Labute approximate surface area is 147 Å². The van der Waals surface area contributed by atoms with Crippen molar-refractivity contribution in [1.29, 1.82) is 0 Å². The Bertz CT molecular complexity index is 702. The molecule has 1 aromatic carbocycles. The number of carbonyl (C=O) groups is 1. The van der Waals surface area contributed by atoms with Crippen LogP contribution in [0.25, 0.3) is 0 Å². The first-order valence-corrected chi connectivity index (χ1v) is 8.85. The van der Waals surface area contributed by atoms with Crippen LogP contribution in [0.4, 0.5) is 11.5 Å². The van der Waals surface area contributed by atoms with Gasteiger partial charge in [0.2, 0.25) is 0 Å². The molecule has 1 amide bonds. The van der Waals surface area contributed by atoms with Gasteiger partial charge in [0.25, 0.3) is 5.91 Å². The maximum absolute atomic E-state index is 12.2. The summed E-state index contributed by atoms with van der Waals surface area (Å²) < 4.78 is 0. The summed E-state index contributed by atoms with van der Waals surface area (Å²) in [4.78, 5) is 19.2. The first-order valence-electron chi connectivity index (χ1n) is 8.47. The molecule has 0 saturated carbocycles. The predicted octanol–water partition coefficient (Wildman–Crippen LogP) is 4.76. The zero-order valence-electron chi connectivity index (χ0n) is 13.8. The maximum Gasteiger partial charge on any atom is 0.255 e. The minimum atomic E-state index is -0.184. The molecule has 0 bridgehead atoms. The van der Waals surface area contributed by atoms with E-state index in [1.54, 1.807) is 30.5 Å². The van der Waals surface area contributed by atoms with Crippen molar-refractivity contribution in [2.24, 2.45) is 0 Å². The van der Waals surface area contributed by atoms with Crippen molar-refractivity contribution in [2.75, 3.05) is 16.8 Å². The molecule has 1 N–H and O–H groups in total. The Hall–Kier alpha value is -2.07. The number of halogens is 1. The molecule has 1 aromatic heterocycles. The van der Waals surface area contributed by atoms with E-state index in [-0.39, 0.29) is 5.91 Å². The molecule has 126 valence electrons. The van der Waals surface area contributed by atoms with Crippen molar-refractivity contribution in [1.82, 2.24) is 4.98 Å². The van der Waals surface area contributed by atoms with E-state index >= 15 is 0 Å². The lowest BCUT2D eigenvalue weighted by molar-refractivity contribution is 0.102. The quantitative estimate of drug-likeness (QED) is 0.870. The van der Waals surface area contributed by atoms with Gasteiger partial charge in [-0.15, -0.1) is 0 Å². The van der Waals surface area contributed by atoms with Crippen molar-refractivity contribution in [3.8, 4) is 0 Å². The van der Waals surface area contributed by atoms with E-state index in [9.17, 15) is 4.79 Å². The number of nitrogens with zero attached hydrogens (tertiary/aromatic N) is 2. The molecule has 1 atom stereocenters. The van der Waals surface area contributed by atoms with Gasteiger partial charge in [0.15, 0.2) is 0 Å². The molecule has 1 fully saturated rings. The molecule has 2 aromatic rings. The van der Waals surface area contributed by atoms with Crippen LogP contribution < -0.4 is 10.2 Å². The summed E-state index contributed by atoms with van der Waals surface area (Å²) in [6, 6.07) is 11.4. The monoisotopic (exact) mass is 343 g/mol. The zero-order chi connectivity index (χ0) is 16.9. The third-order valence-electron chi connectivity index (χ3n) is 4.49. The fourth-order valence-electron chi connectivity index (χ4n) is 3.19. The molecule has 4 nitrogen and oxygen atoms in total. The summed E-state index contributed by atoms with van der Waals surface area (Å²) in [5.41, 5.74) is 1.22. The van der Waals surface area contributed by atoms with Gasteiger partial charge in [-0.2, -0.15) is 0 Å². The van der Waals surface area contributed by atoms with Gasteiger partial charge < -0.3 is 10.2 Å². The molecule has 3 rings (SSSR count). The molecule has 2 heterocycles. The van der Waals surface area contributed by atoms with E-state index in [0.717, 1.165) is 18.8 Å². The number of aromatic nitrogens is 1. The summed E-state index contributed by atoms with van der Waals surface area (Å²) in [7, 11) is 0. The maximum atomic E-state index is 12.2. The van der Waals surface area contributed by atoms with Gasteiger partial charge in [0, 0.05) is 23.2 Å². The molecule has 1 unspecified atom stereocenters. The highest BCUT2D eigenvalue weighted by molar-refractivity contribution is 6.31. The van der Waals surface area contributed by atoms with Crippen molar-refractivity contribution in [3.05, 3.63) is 53.2 Å². The van der Waals surface area contributed by atoms with Gasteiger partial charge in [-0.1, -0.05) is 24.6 Å². The Morgan fingerprint density at radius 1 is 1.33 bits per heavy atom. The fraction of sp³-hybridized carbons (Fsp3) is 0.368. The van der Waals surface area contributed by atoms with Gasteiger partial charge >= 0.3 is 0 Å². The number of hydrogen-bond acceptors (Lipinski definition) is 3. The summed E-state index contributed by atoms with van der Waals surface area (Å²) in [6.45, 7) is 3.28. The molecular weight excluding hydrogens is 322 g/mol. The van der Waals surface area contributed by atoms with Crippen LogP contribution in [0.1, 0.15) is 43.0 Å². The molecule has 1 aliphatic rings. The number of piperidine rings is 1. The van der Waals surface area contributed by atoms with Crippen molar-refractivity contribution >= 4 is 29.0 Å². The Kier molecular flexibility index (Phi) is 5.36. The molecule has 5 heteroatoms. The van der Waals surface area contributed by atoms with Crippen molar-refractivity contribution in [3.63, 3.8) is 0 Å². The smallest absolute Gasteiger partial charge is 0.255 e. The van der Waals surface area contributed by atoms with Crippen molar-refractivity contribution < 1.29 is 4.79 Å². The first-order chi connectivity index (χ1) is 11.7. The van der Waals surface area contributed by atoms with E-state index in [0.29, 0.717) is 22.3 Å². The van der Waals surface area contributed by atoms with Crippen LogP contribution in [-0.4, -0.2) is 23.5 Å². The molecule has 0 aliphatic carbocycles. The van der Waals surface area contributed by atoms with Crippen LogP contribution in [0.3, 0.4) is 0 Å². The second kappa shape index (κ2) is 7.67. The van der Waals surface area contributed by atoms with Crippen LogP contribution in [0.5, 0.6) is 0 Å². The molecule has 1 aliphatic heterocycles. The SMILES string of the molecule is CCC1CCCCN1c1ccc(NC(=O)c2cccc(Cl)c2)cn1. The number of carbonyl (C=O) groups excluding carboxylic acids is 1. The average molecular weight is 344 g/mol. The molecule has 24 heavy (non-hydrogen) atoms. The van der Waals surface area contributed by atoms with E-state index in [1.165, 1.54) is 19.3 Å². The minimum Gasteiger partial charge on any atom is -0.354 e. The van der Waals surface area contributed by atoms with E-state index in [1.807, 2.05) is 12.1 Å². The van der Waals surface area contributed by atoms with E-state index in [4.69, 9.17) is 11.6 Å². The Morgan fingerprint density at radius 3 is 2.92 bits per heavy atom. The number of hydrogen-bond donors (Lipinski definition) is 1. The highest BCUT2D eigenvalue weighted by Gasteiger charge is 2.21. The highest BCUT2D eigenvalue weighted by atomic mass is 35.5. The second-order valence-corrected chi connectivity index (χ2v) is 6.56. The largest absolute Gasteiger partial charge is 0.354 e. The summed E-state index contributed by atoms with van der Waals surface area (Å²) >= 11 is 5.93. The topological polar surface area (TPSA) is 45.2 Å². The standard InChI is InChI=1S/C19H22ClN3O/c1-2-17-8-3-4-11-23(17)18-10-9-16(13-21-18)22-19(24)14-6-5-7-15(20)12-14/h5-7,9-10,12-13,17H,2-4,8,11H2,1H3,(H,22,24). The Morgan fingerprint density at radius 2 is 2.21 bits per heavy atom. The van der Waals surface area contributed by atoms with Crippen LogP contribution in [0, 0.1) is 0 Å². The second-order valence-electron chi connectivity index (χ2n) is 6.12. The lowest BCUT2D eigenvalue weighted by atomic mass is 10.00. The van der Waals surface area contributed by atoms with Gasteiger partial charge in [-0.3, -0.25) is 4.79 Å². The minimum absolute atomic E-state index is 0.184. The summed E-state index contributed by atoms with van der Waals surface area (Å²) in [6.07, 6.45) is 6.59. The Balaban J connectivity index is 1.69. The van der Waals surface area contributed by atoms with Crippen LogP contribution >= 0.6 is 11.6 Å². The van der Waals surface area contributed by atoms with Crippen LogP contribution in [0.15, 0.2) is 42.6 Å². The number of pyridine rings is 1. The number of amides is 1. The van der Waals surface area contributed by atoms with Gasteiger partial charge in [0.1, 0.15) is 5.82 Å². The summed E-state index contributed by atoms with van der Waals surface area (Å²) in [5, 5.41) is 3.41. The lowest BCUT2D eigenvalue weighted by Gasteiger charge is -2.36. The third-order valence-corrected chi connectivity index (χ3v) is 4.72. The van der Waals surface area contributed by atoms with Crippen LogP contribution in [-0.2, 0) is 0 Å². The number of rotatable bonds is 4. The molecule has 0 spiro atoms. The predicted molar refractivity (Wildman–Crippen MR) is 98.9 cm³/mol. The van der Waals surface area contributed by atoms with Crippen molar-refractivity contribution in [2.45, 2.75) is 38.6 Å². The fourth-order valence-corrected chi connectivity index (χ4v) is 3.38. The van der Waals surface area contributed by atoms with Gasteiger partial charge in [-0.05, 0) is 56.0 Å². The number of nitrogens with one attached hydrogen (secondary N) is 1. The zero-order valence-corrected chi connectivity index (χ0v) is 14.6. The lowest BCUT2D eigenvalue weighted by Crippen LogP contribution is -2.39. The van der Waals surface area contributed by atoms with Gasteiger partial charge in [0.05, 0.1) is 11.9 Å². The highest BCUT2D eigenvalue weighted by Crippen LogP contribution is 2.25. The number of benzene rings is 1.